The van der Waals surface area contributed by atoms with Crippen LogP contribution in [0, 0.1) is 0 Å². The molecule has 1 aliphatic heterocycles. The minimum atomic E-state index is 0.0552. The summed E-state index contributed by atoms with van der Waals surface area (Å²) >= 11 is 1.68. The van der Waals surface area contributed by atoms with E-state index in [1.54, 1.807) is 18.4 Å². The van der Waals surface area contributed by atoms with E-state index in [0.29, 0.717) is 0 Å². The van der Waals surface area contributed by atoms with Crippen molar-refractivity contribution in [2.75, 3.05) is 33.8 Å². The van der Waals surface area contributed by atoms with Crippen LogP contribution in [-0.4, -0.2) is 62.1 Å². The Balaban J connectivity index is 0.000000295. The predicted octanol–water partition coefficient (Wildman–Crippen LogP) is 5.51. The lowest BCUT2D eigenvalue weighted by molar-refractivity contribution is -0.109. The fourth-order valence-corrected chi connectivity index (χ4v) is 5.33. The number of aromatic nitrogens is 1. The zero-order valence-electron chi connectivity index (χ0n) is 22.6. The summed E-state index contributed by atoms with van der Waals surface area (Å²) in [5.74, 6) is 1.49. The molecule has 200 valence electrons. The van der Waals surface area contributed by atoms with E-state index in [9.17, 15) is 9.59 Å². The van der Waals surface area contributed by atoms with Gasteiger partial charge in [-0.25, -0.2) is 0 Å². The first-order chi connectivity index (χ1) is 17.9. The second-order valence-electron chi connectivity index (χ2n) is 9.38. The van der Waals surface area contributed by atoms with Gasteiger partial charge in [0.1, 0.15) is 0 Å². The number of fused-ring (bicyclic) bond motifs is 3. The van der Waals surface area contributed by atoms with Crippen molar-refractivity contribution in [3.63, 3.8) is 0 Å². The fourth-order valence-electron chi connectivity index (χ4n) is 4.59. The highest BCUT2D eigenvalue weighted by Gasteiger charge is 2.26. The number of hydrogen-bond acceptors (Lipinski definition) is 6. The van der Waals surface area contributed by atoms with Crippen LogP contribution in [0.4, 0.5) is 0 Å². The monoisotopic (exact) mass is 525 g/mol. The minimum absolute atomic E-state index is 0.0552. The van der Waals surface area contributed by atoms with Crippen molar-refractivity contribution in [1.82, 2.24) is 14.8 Å². The molecule has 1 aliphatic rings. The van der Waals surface area contributed by atoms with Gasteiger partial charge >= 0.3 is 0 Å². The molecule has 8 heteroatoms. The lowest BCUT2D eigenvalue weighted by Gasteiger charge is -2.24. The second kappa shape index (κ2) is 14.0. The molecule has 2 aromatic heterocycles. The van der Waals surface area contributed by atoms with Gasteiger partial charge in [-0.2, -0.15) is 0 Å². The van der Waals surface area contributed by atoms with Gasteiger partial charge in [0.2, 0.25) is 6.41 Å². The molecular formula is C29H39N3O4S. The zero-order chi connectivity index (χ0) is 26.8. The molecule has 1 N–H and O–H groups in total. The highest BCUT2D eigenvalue weighted by atomic mass is 32.1. The van der Waals surface area contributed by atoms with Gasteiger partial charge in [0, 0.05) is 29.1 Å². The Morgan fingerprint density at radius 3 is 2.59 bits per heavy atom. The first kappa shape index (κ1) is 28.5. The Kier molecular flexibility index (Phi) is 10.8. The van der Waals surface area contributed by atoms with Crippen molar-refractivity contribution in [3.05, 3.63) is 47.0 Å². The second-order valence-corrected chi connectivity index (χ2v) is 10.3. The molecule has 0 atom stereocenters. The molecule has 0 saturated carbocycles. The maximum atomic E-state index is 11.6. The molecule has 0 bridgehead atoms. The van der Waals surface area contributed by atoms with E-state index >= 15 is 0 Å². The number of methoxy groups -OCH3 is 1. The standard InChI is InChI=1S/C21H21NO3S.C8H18N2O/c1-13(2)25-19-11-16-14(9-18(19)24-3)6-7-22-15(12-23)10-17(21(16)22)20-5-4-8-26-20;1-3-6-10(2)7-4-5-9-8-11/h4-5,8-13H,6-7H2,1-3H3;8H,3-7H2,1-2H3,(H,9,11). The van der Waals surface area contributed by atoms with Crippen molar-refractivity contribution in [2.24, 2.45) is 0 Å². The van der Waals surface area contributed by atoms with Crippen molar-refractivity contribution in [2.45, 2.75) is 52.7 Å². The number of aldehydes is 1. The average molecular weight is 526 g/mol. The third-order valence-corrected chi connectivity index (χ3v) is 7.10. The van der Waals surface area contributed by atoms with Crippen LogP contribution in [0.15, 0.2) is 35.7 Å². The van der Waals surface area contributed by atoms with E-state index < -0.39 is 0 Å². The number of carbonyl (C=O) groups excluding carboxylic acids is 2. The predicted molar refractivity (Wildman–Crippen MR) is 151 cm³/mol. The van der Waals surface area contributed by atoms with Crippen LogP contribution in [0.3, 0.4) is 0 Å². The normalized spacial score (nSPS) is 11.9. The summed E-state index contributed by atoms with van der Waals surface area (Å²) in [6.45, 7) is 9.95. The first-order valence-electron chi connectivity index (χ1n) is 12.9. The summed E-state index contributed by atoms with van der Waals surface area (Å²) < 4.78 is 13.6. The van der Waals surface area contributed by atoms with Crippen molar-refractivity contribution < 1.29 is 19.1 Å². The van der Waals surface area contributed by atoms with Crippen LogP contribution >= 0.6 is 11.3 Å². The number of ether oxygens (including phenoxy) is 2. The van der Waals surface area contributed by atoms with Gasteiger partial charge in [-0.15, -0.1) is 11.3 Å². The van der Waals surface area contributed by atoms with E-state index in [2.05, 4.69) is 52.3 Å². The highest BCUT2D eigenvalue weighted by Crippen LogP contribution is 2.45. The van der Waals surface area contributed by atoms with Crippen LogP contribution < -0.4 is 14.8 Å². The van der Waals surface area contributed by atoms with Crippen LogP contribution in [-0.2, 0) is 17.8 Å². The van der Waals surface area contributed by atoms with E-state index in [1.807, 2.05) is 26.0 Å². The number of hydrogen-bond donors (Lipinski definition) is 1. The summed E-state index contributed by atoms with van der Waals surface area (Å²) in [6, 6.07) is 10.3. The molecular weight excluding hydrogens is 486 g/mol. The topological polar surface area (TPSA) is 72.8 Å². The molecule has 0 aliphatic carbocycles. The Hall–Kier alpha value is -3.10. The van der Waals surface area contributed by atoms with Gasteiger partial charge in [0.05, 0.1) is 24.6 Å². The molecule has 3 aromatic rings. The lowest BCUT2D eigenvalue weighted by atomic mass is 9.95. The molecule has 0 saturated heterocycles. The SMILES string of the molecule is CCCN(C)CCCNC=O.COc1cc2c(cc1OC(C)C)-c1c(-c3cccs3)cc(C=O)n1CC2. The van der Waals surface area contributed by atoms with Gasteiger partial charge in [-0.1, -0.05) is 13.0 Å². The van der Waals surface area contributed by atoms with Gasteiger partial charge < -0.3 is 24.3 Å². The van der Waals surface area contributed by atoms with Crippen LogP contribution in [0.2, 0.25) is 0 Å². The molecule has 1 amide bonds. The van der Waals surface area contributed by atoms with Gasteiger partial charge in [-0.3, -0.25) is 9.59 Å². The van der Waals surface area contributed by atoms with Crippen molar-refractivity contribution in [1.29, 1.82) is 0 Å². The minimum Gasteiger partial charge on any atom is -0.493 e. The number of benzene rings is 1. The summed E-state index contributed by atoms with van der Waals surface area (Å²) in [6.07, 6.45) is 4.84. The first-order valence-corrected chi connectivity index (χ1v) is 13.8. The van der Waals surface area contributed by atoms with Crippen molar-refractivity contribution in [3.8, 4) is 33.2 Å². The zero-order valence-corrected chi connectivity index (χ0v) is 23.4. The van der Waals surface area contributed by atoms with Crippen LogP contribution in [0.5, 0.6) is 11.5 Å². The molecule has 37 heavy (non-hydrogen) atoms. The number of thiophene rings is 1. The summed E-state index contributed by atoms with van der Waals surface area (Å²) in [5, 5.41) is 4.70. The van der Waals surface area contributed by atoms with Gasteiger partial charge in [-0.05, 0) is 88.5 Å². The summed E-state index contributed by atoms with van der Waals surface area (Å²) in [7, 11) is 3.77. The quantitative estimate of drug-likeness (QED) is 0.249. The molecule has 7 nitrogen and oxygen atoms in total. The number of amides is 1. The smallest absolute Gasteiger partial charge is 0.207 e. The van der Waals surface area contributed by atoms with Gasteiger partial charge in [0.25, 0.3) is 0 Å². The Bertz CT molecular complexity index is 1150. The fraction of sp³-hybridized carbons (Fsp3) is 0.448. The van der Waals surface area contributed by atoms with Crippen LogP contribution in [0.1, 0.15) is 49.7 Å². The molecule has 1 aromatic carbocycles. The molecule has 0 radical (unpaired) electrons. The van der Waals surface area contributed by atoms with Crippen LogP contribution in [0.25, 0.3) is 21.7 Å². The number of rotatable bonds is 12. The Labute approximate surface area is 224 Å². The van der Waals surface area contributed by atoms with E-state index in [1.165, 1.54) is 12.0 Å². The number of carbonyl (C=O) groups is 2. The third kappa shape index (κ3) is 7.23. The molecule has 0 fully saturated rings. The maximum Gasteiger partial charge on any atom is 0.207 e. The Morgan fingerprint density at radius 2 is 1.97 bits per heavy atom. The molecule has 4 rings (SSSR count). The van der Waals surface area contributed by atoms with E-state index in [-0.39, 0.29) is 6.10 Å². The molecule has 0 unspecified atom stereocenters. The molecule has 0 spiro atoms. The van der Waals surface area contributed by atoms with Crippen molar-refractivity contribution >= 4 is 24.0 Å². The van der Waals surface area contributed by atoms with Gasteiger partial charge in [0.15, 0.2) is 17.8 Å². The van der Waals surface area contributed by atoms with E-state index in [4.69, 9.17) is 9.47 Å². The number of nitrogens with one attached hydrogen (secondary N) is 1. The number of aryl methyl sites for hydroxylation is 1. The number of nitrogens with zero attached hydrogens (tertiary/aromatic N) is 2. The summed E-state index contributed by atoms with van der Waals surface area (Å²) in [4.78, 5) is 24.9. The Morgan fingerprint density at radius 1 is 1.16 bits per heavy atom. The third-order valence-electron chi connectivity index (χ3n) is 6.20. The average Bonchev–Trinajstić information content (AvgIpc) is 3.54. The summed E-state index contributed by atoms with van der Waals surface area (Å²) in [5.41, 5.74) is 5.25. The highest BCUT2D eigenvalue weighted by molar-refractivity contribution is 7.13. The lowest BCUT2D eigenvalue weighted by Crippen LogP contribution is -2.24. The van der Waals surface area contributed by atoms with E-state index in [0.717, 1.165) is 90.6 Å². The maximum absolute atomic E-state index is 11.6. The largest absolute Gasteiger partial charge is 0.493 e. The molecule has 3 heterocycles.